The molecule has 0 aromatic rings. The number of quaternary nitrogens is 1. The molecule has 0 aliphatic rings. The smallest absolute Gasteiger partial charge is 0.306 e. The molecule has 9 nitrogen and oxygen atoms in total. The molecule has 9 heteroatoms. The maximum absolute atomic E-state index is 12.9. The molecule has 0 fully saturated rings. The maximum Gasteiger partial charge on any atom is 0.306 e. The summed E-state index contributed by atoms with van der Waals surface area (Å²) in [5, 5.41) is 11.8. The van der Waals surface area contributed by atoms with Gasteiger partial charge in [-0.1, -0.05) is 283 Å². The van der Waals surface area contributed by atoms with Crippen molar-refractivity contribution in [2.75, 3.05) is 47.5 Å². The minimum atomic E-state index is -1.62. The second kappa shape index (κ2) is 56.2. The highest BCUT2D eigenvalue weighted by Gasteiger charge is 2.22. The normalized spacial score (nSPS) is 12.7. The molecule has 0 rings (SSSR count). The van der Waals surface area contributed by atoms with E-state index in [1.165, 1.54) is 257 Å². The molecule has 0 aliphatic carbocycles. The second-order valence-corrected chi connectivity index (χ2v) is 23.1. The lowest BCUT2D eigenvalue weighted by Crippen LogP contribution is -2.44. The molecule has 0 heterocycles. The summed E-state index contributed by atoms with van der Waals surface area (Å²) in [6.45, 7) is 4.82. The number of esters is 2. The van der Waals surface area contributed by atoms with E-state index in [1.54, 1.807) is 0 Å². The summed E-state index contributed by atoms with van der Waals surface area (Å²) in [4.78, 5) is 37.4. The zero-order chi connectivity index (χ0) is 53.4. The van der Waals surface area contributed by atoms with Crippen molar-refractivity contribution >= 4 is 17.9 Å². The van der Waals surface area contributed by atoms with Gasteiger partial charge < -0.3 is 33.3 Å². The summed E-state index contributed by atoms with van der Waals surface area (Å²) < 4.78 is 22.8. The number of nitrogens with zero attached hydrogens (tertiary/aromatic N) is 1. The summed E-state index contributed by atoms with van der Waals surface area (Å²) >= 11 is 0. The van der Waals surface area contributed by atoms with Gasteiger partial charge in [0.15, 0.2) is 12.4 Å². The minimum absolute atomic E-state index is 0.152. The Morgan fingerprint density at radius 2 is 0.699 bits per heavy atom. The van der Waals surface area contributed by atoms with Crippen molar-refractivity contribution in [2.45, 2.75) is 334 Å². The maximum atomic E-state index is 12.9. The minimum Gasteiger partial charge on any atom is -0.545 e. The Labute approximate surface area is 453 Å². The number of carbonyl (C=O) groups excluding carboxylic acids is 3. The number of likely N-dealkylation sites (N-methyl/N-ethyl adjacent to an activating group) is 1. The van der Waals surface area contributed by atoms with Gasteiger partial charge >= 0.3 is 11.9 Å². The zero-order valence-corrected chi connectivity index (χ0v) is 49.3. The van der Waals surface area contributed by atoms with Crippen molar-refractivity contribution in [3.05, 3.63) is 12.2 Å². The molecule has 0 amide bonds. The zero-order valence-electron chi connectivity index (χ0n) is 49.3. The van der Waals surface area contributed by atoms with Crippen molar-refractivity contribution in [3.63, 3.8) is 0 Å². The molecule has 0 aromatic heterocycles. The number of allylic oxidation sites excluding steroid dienone is 2. The van der Waals surface area contributed by atoms with E-state index in [-0.39, 0.29) is 32.2 Å². The summed E-state index contributed by atoms with van der Waals surface area (Å²) in [5.74, 6) is -2.25. The second-order valence-electron chi connectivity index (χ2n) is 23.1. The van der Waals surface area contributed by atoms with E-state index in [0.717, 1.165) is 38.5 Å². The topological polar surface area (TPSA) is 111 Å². The predicted molar refractivity (Wildman–Crippen MR) is 307 cm³/mol. The SMILES string of the molecule is CCCCCCCCCC/C=C\CCCCCCCCCCCCCCCC(=O)OC(COC(=O)CCCCCCCCCCCCCCCCCCCCCCCCC)COC(OCC[N+](C)(C)C)C(=O)[O-]. The first-order chi connectivity index (χ1) is 35.6. The van der Waals surface area contributed by atoms with Crippen LogP contribution in [0.15, 0.2) is 12.2 Å². The van der Waals surface area contributed by atoms with Gasteiger partial charge in [0.2, 0.25) is 0 Å². The van der Waals surface area contributed by atoms with Crippen LogP contribution in [0.2, 0.25) is 0 Å². The van der Waals surface area contributed by atoms with E-state index in [2.05, 4.69) is 26.0 Å². The van der Waals surface area contributed by atoms with Crippen molar-refractivity contribution in [1.82, 2.24) is 0 Å². The molecule has 0 saturated carbocycles. The van der Waals surface area contributed by atoms with Crippen molar-refractivity contribution < 1.29 is 42.9 Å². The van der Waals surface area contributed by atoms with Crippen LogP contribution in [0.1, 0.15) is 322 Å². The van der Waals surface area contributed by atoms with Crippen LogP contribution in [0.25, 0.3) is 0 Å². The Bertz CT molecular complexity index is 1200. The molecular formula is C64H123NO8. The summed E-state index contributed by atoms with van der Waals surface area (Å²) in [6.07, 6.45) is 62.7. The molecule has 0 saturated heterocycles. The Hall–Kier alpha value is -1.97. The summed E-state index contributed by atoms with van der Waals surface area (Å²) in [5.41, 5.74) is 0. The fraction of sp³-hybridized carbons (Fsp3) is 0.922. The van der Waals surface area contributed by atoms with E-state index < -0.39 is 24.3 Å². The summed E-state index contributed by atoms with van der Waals surface area (Å²) in [6, 6.07) is 0. The molecule has 0 bridgehead atoms. The van der Waals surface area contributed by atoms with Crippen molar-refractivity contribution in [2.24, 2.45) is 0 Å². The van der Waals surface area contributed by atoms with Crippen LogP contribution in [0, 0.1) is 0 Å². The van der Waals surface area contributed by atoms with E-state index >= 15 is 0 Å². The third-order valence-corrected chi connectivity index (χ3v) is 14.5. The first kappa shape index (κ1) is 71.0. The highest BCUT2D eigenvalue weighted by Crippen LogP contribution is 2.18. The van der Waals surface area contributed by atoms with Gasteiger partial charge in [-0.05, 0) is 38.5 Å². The van der Waals surface area contributed by atoms with E-state index in [9.17, 15) is 19.5 Å². The third kappa shape index (κ3) is 57.6. The average molecular weight is 1030 g/mol. The number of unbranched alkanes of at least 4 members (excludes halogenated alkanes) is 43. The molecular weight excluding hydrogens is 911 g/mol. The largest absolute Gasteiger partial charge is 0.545 e. The Balaban J connectivity index is 4.14. The lowest BCUT2D eigenvalue weighted by molar-refractivity contribution is -0.870. The molecule has 0 N–H and O–H groups in total. The fourth-order valence-corrected chi connectivity index (χ4v) is 9.59. The van der Waals surface area contributed by atoms with Gasteiger partial charge in [-0.25, -0.2) is 0 Å². The first-order valence-corrected chi connectivity index (χ1v) is 31.8. The number of aliphatic carboxylic acids is 1. The Morgan fingerprint density at radius 1 is 0.397 bits per heavy atom. The number of hydrogen-bond acceptors (Lipinski definition) is 8. The standard InChI is InChI=1S/C64H123NO8/c1-6-8-10-12-14-16-18-20-22-24-26-28-30-31-33-35-37-39-41-43-45-47-49-51-53-55-62(67)73-60(59-72-64(63(68)69)70-57-56-65(3,4)5)58-71-61(66)54-52-50-48-46-44-42-40-38-36-34-32-29-27-25-23-21-19-17-15-13-11-9-7-2/h24,26,60,64H,6-23,25,27-59H2,1-5H3/b26-24-. The molecule has 0 spiro atoms. The summed E-state index contributed by atoms with van der Waals surface area (Å²) in [7, 11) is 5.94. The number of hydrogen-bond donors (Lipinski definition) is 0. The van der Waals surface area contributed by atoms with E-state index in [4.69, 9.17) is 18.9 Å². The fourth-order valence-electron chi connectivity index (χ4n) is 9.59. The van der Waals surface area contributed by atoms with Gasteiger partial charge in [-0.3, -0.25) is 9.59 Å². The van der Waals surface area contributed by atoms with E-state index in [0.29, 0.717) is 17.4 Å². The molecule has 0 aliphatic heterocycles. The van der Waals surface area contributed by atoms with Crippen LogP contribution in [0.5, 0.6) is 0 Å². The van der Waals surface area contributed by atoms with Crippen LogP contribution in [0.3, 0.4) is 0 Å². The lowest BCUT2D eigenvalue weighted by Gasteiger charge is -2.26. The quantitative estimate of drug-likeness (QED) is 0.0195. The van der Waals surface area contributed by atoms with Gasteiger partial charge in [0.25, 0.3) is 0 Å². The predicted octanol–water partition coefficient (Wildman–Crippen LogP) is 17.6. The number of rotatable bonds is 60. The molecule has 0 aromatic carbocycles. The van der Waals surface area contributed by atoms with Crippen LogP contribution in [0.4, 0.5) is 0 Å². The Morgan fingerprint density at radius 3 is 1.01 bits per heavy atom. The molecule has 2 unspecified atom stereocenters. The average Bonchev–Trinajstić information content (AvgIpc) is 3.36. The highest BCUT2D eigenvalue weighted by atomic mass is 16.7. The van der Waals surface area contributed by atoms with E-state index in [1.807, 2.05) is 21.1 Å². The molecule has 73 heavy (non-hydrogen) atoms. The van der Waals surface area contributed by atoms with Gasteiger partial charge in [-0.2, -0.15) is 0 Å². The van der Waals surface area contributed by atoms with Gasteiger partial charge in [0.05, 0.1) is 40.3 Å². The monoisotopic (exact) mass is 1030 g/mol. The van der Waals surface area contributed by atoms with Crippen LogP contribution in [-0.2, 0) is 33.3 Å². The van der Waals surface area contributed by atoms with Gasteiger partial charge in [-0.15, -0.1) is 0 Å². The van der Waals surface area contributed by atoms with Crippen LogP contribution in [-0.4, -0.2) is 82.3 Å². The molecule has 0 radical (unpaired) electrons. The van der Waals surface area contributed by atoms with Gasteiger partial charge in [0.1, 0.15) is 13.2 Å². The molecule has 2 atom stereocenters. The first-order valence-electron chi connectivity index (χ1n) is 31.8. The van der Waals surface area contributed by atoms with Gasteiger partial charge in [0, 0.05) is 12.8 Å². The highest BCUT2D eigenvalue weighted by molar-refractivity contribution is 5.70. The number of carboxylic acids is 1. The van der Waals surface area contributed by atoms with Crippen molar-refractivity contribution in [3.8, 4) is 0 Å². The van der Waals surface area contributed by atoms with Crippen LogP contribution >= 0.6 is 0 Å². The third-order valence-electron chi connectivity index (χ3n) is 14.5. The number of ether oxygens (including phenoxy) is 4. The van der Waals surface area contributed by atoms with Crippen LogP contribution < -0.4 is 5.11 Å². The number of carbonyl (C=O) groups is 3. The number of carboxylic acid groups (broad SMARTS) is 1. The Kier molecular flexibility index (Phi) is 54.7. The molecule has 432 valence electrons. The lowest BCUT2D eigenvalue weighted by atomic mass is 10.0. The van der Waals surface area contributed by atoms with Crippen molar-refractivity contribution in [1.29, 1.82) is 0 Å².